The molecule has 2 aromatic heterocycles. The van der Waals surface area contributed by atoms with Gasteiger partial charge in [-0.25, -0.2) is 31.0 Å². The van der Waals surface area contributed by atoms with Crippen LogP contribution < -0.4 is 16.0 Å². The first kappa shape index (κ1) is 22.0. The van der Waals surface area contributed by atoms with Crippen molar-refractivity contribution >= 4 is 32.7 Å². The smallest absolute Gasteiger partial charge is 0.260 e. The van der Waals surface area contributed by atoms with Gasteiger partial charge in [0.15, 0.2) is 17.5 Å². The molecule has 3 N–H and O–H groups in total. The van der Waals surface area contributed by atoms with Crippen LogP contribution in [0.2, 0.25) is 0 Å². The normalized spacial score (nSPS) is 15.2. The summed E-state index contributed by atoms with van der Waals surface area (Å²) in [4.78, 5) is 20.6. The SMILES string of the molecule is CCn1c(=O)c(-c2cc(F)c(NS(=O)(=O)CC3(F)CC3)c(F)c2F)cc2cnc(N)nc21. The van der Waals surface area contributed by atoms with Crippen LogP contribution in [0.25, 0.3) is 22.2 Å². The van der Waals surface area contributed by atoms with Gasteiger partial charge in [-0.2, -0.15) is 4.98 Å². The van der Waals surface area contributed by atoms with Gasteiger partial charge in [0.1, 0.15) is 22.8 Å². The van der Waals surface area contributed by atoms with Crippen molar-refractivity contribution in [3.63, 3.8) is 0 Å². The van der Waals surface area contributed by atoms with E-state index in [-0.39, 0.29) is 36.4 Å². The summed E-state index contributed by atoms with van der Waals surface area (Å²) < 4.78 is 84.8. The van der Waals surface area contributed by atoms with Crippen molar-refractivity contribution in [2.24, 2.45) is 0 Å². The lowest BCUT2D eigenvalue weighted by atomic mass is 10.0. The molecule has 1 aromatic carbocycles. The van der Waals surface area contributed by atoms with Gasteiger partial charge < -0.3 is 5.73 Å². The first-order valence-electron chi connectivity index (χ1n) is 9.48. The van der Waals surface area contributed by atoms with Gasteiger partial charge in [0.2, 0.25) is 16.0 Å². The Morgan fingerprint density at radius 1 is 1.19 bits per heavy atom. The van der Waals surface area contributed by atoms with Crippen molar-refractivity contribution in [1.82, 2.24) is 14.5 Å². The Morgan fingerprint density at radius 3 is 2.50 bits per heavy atom. The van der Waals surface area contributed by atoms with E-state index in [1.165, 1.54) is 6.20 Å². The molecular formula is C19H17F4N5O3S. The average Bonchev–Trinajstić information content (AvgIpc) is 3.43. The van der Waals surface area contributed by atoms with E-state index in [2.05, 4.69) is 9.97 Å². The highest BCUT2D eigenvalue weighted by Gasteiger charge is 2.47. The number of sulfonamides is 1. The topological polar surface area (TPSA) is 120 Å². The third kappa shape index (κ3) is 3.87. The van der Waals surface area contributed by atoms with Crippen molar-refractivity contribution in [2.45, 2.75) is 32.0 Å². The van der Waals surface area contributed by atoms with E-state index in [1.54, 1.807) is 11.6 Å². The van der Waals surface area contributed by atoms with Crippen LogP contribution in [0.1, 0.15) is 19.8 Å². The molecule has 0 spiro atoms. The van der Waals surface area contributed by atoms with Crippen molar-refractivity contribution in [1.29, 1.82) is 0 Å². The number of nitrogens with two attached hydrogens (primary N) is 1. The van der Waals surface area contributed by atoms with Gasteiger partial charge in [0.05, 0.1) is 5.56 Å². The van der Waals surface area contributed by atoms with Crippen LogP contribution in [0.3, 0.4) is 0 Å². The Hall–Kier alpha value is -3.22. The monoisotopic (exact) mass is 471 g/mol. The molecule has 1 aliphatic carbocycles. The molecule has 1 aliphatic rings. The molecule has 4 rings (SSSR count). The largest absolute Gasteiger partial charge is 0.368 e. The Bertz CT molecular complexity index is 1420. The summed E-state index contributed by atoms with van der Waals surface area (Å²) in [5.41, 5.74) is 0.539. The second kappa shape index (κ2) is 7.43. The predicted octanol–water partition coefficient (Wildman–Crippen LogP) is 2.72. The molecule has 0 aliphatic heterocycles. The molecule has 0 amide bonds. The zero-order valence-corrected chi connectivity index (χ0v) is 17.4. The van der Waals surface area contributed by atoms with Crippen molar-refractivity contribution in [3.05, 3.63) is 46.1 Å². The second-order valence-electron chi connectivity index (χ2n) is 7.54. The minimum absolute atomic E-state index is 0.00715. The van der Waals surface area contributed by atoms with Crippen LogP contribution in [-0.4, -0.2) is 34.4 Å². The summed E-state index contributed by atoms with van der Waals surface area (Å²) in [7, 11) is -4.49. The first-order chi connectivity index (χ1) is 14.9. The van der Waals surface area contributed by atoms with Gasteiger partial charge in [-0.1, -0.05) is 0 Å². The molecule has 1 fully saturated rings. The van der Waals surface area contributed by atoms with E-state index in [4.69, 9.17) is 5.73 Å². The maximum atomic E-state index is 14.9. The molecular weight excluding hydrogens is 454 g/mol. The van der Waals surface area contributed by atoms with E-state index < -0.39 is 61.3 Å². The lowest BCUT2D eigenvalue weighted by Crippen LogP contribution is -2.26. The van der Waals surface area contributed by atoms with E-state index in [9.17, 15) is 30.8 Å². The number of pyridine rings is 1. The number of aryl methyl sites for hydroxylation is 1. The standard InChI is InChI=1S/C19H17F4N5O3S/c1-2-28-16-9(7-25-18(24)26-16)5-11(17(28)29)10-6-12(20)15(14(22)13(10)21)27-32(30,31)8-19(23)3-4-19/h5-7,27H,2-4,8H2,1H3,(H2,24,25,26). The maximum Gasteiger partial charge on any atom is 0.260 e. The molecule has 0 radical (unpaired) electrons. The number of aromatic nitrogens is 3. The number of hydrogen-bond acceptors (Lipinski definition) is 6. The summed E-state index contributed by atoms with van der Waals surface area (Å²) in [6, 6.07) is 1.66. The Balaban J connectivity index is 1.84. The van der Waals surface area contributed by atoms with E-state index >= 15 is 0 Å². The molecule has 170 valence electrons. The third-order valence-electron chi connectivity index (χ3n) is 5.11. The van der Waals surface area contributed by atoms with Crippen molar-refractivity contribution in [2.75, 3.05) is 16.2 Å². The van der Waals surface area contributed by atoms with Crippen LogP contribution >= 0.6 is 0 Å². The van der Waals surface area contributed by atoms with Crippen LogP contribution in [0.15, 0.2) is 23.1 Å². The molecule has 0 bridgehead atoms. The molecule has 2 heterocycles. The van der Waals surface area contributed by atoms with Crippen LogP contribution in [0, 0.1) is 17.5 Å². The lowest BCUT2D eigenvalue weighted by Gasteiger charge is -2.15. The molecule has 1 saturated carbocycles. The zero-order chi connectivity index (χ0) is 23.4. The number of anilines is 2. The Morgan fingerprint density at radius 2 is 1.88 bits per heavy atom. The fourth-order valence-electron chi connectivity index (χ4n) is 3.36. The number of nitrogens with one attached hydrogen (secondary N) is 1. The number of fused-ring (bicyclic) bond motifs is 1. The number of nitrogens with zero attached hydrogens (tertiary/aromatic N) is 3. The minimum Gasteiger partial charge on any atom is -0.368 e. The summed E-state index contributed by atoms with van der Waals surface area (Å²) in [5, 5.41) is 0.262. The molecule has 0 unspecified atom stereocenters. The Kier molecular flexibility index (Phi) is 5.11. The summed E-state index contributed by atoms with van der Waals surface area (Å²) in [5.74, 6) is -6.09. The van der Waals surface area contributed by atoms with Crippen molar-refractivity contribution < 1.29 is 26.0 Å². The third-order valence-corrected chi connectivity index (χ3v) is 6.52. The van der Waals surface area contributed by atoms with Crippen LogP contribution in [0.4, 0.5) is 29.2 Å². The maximum absolute atomic E-state index is 14.9. The quantitative estimate of drug-likeness (QED) is 0.421. The highest BCUT2D eigenvalue weighted by Crippen LogP contribution is 2.41. The van der Waals surface area contributed by atoms with Gasteiger partial charge in [-0.05, 0) is 31.9 Å². The molecule has 13 heteroatoms. The molecule has 32 heavy (non-hydrogen) atoms. The first-order valence-corrected chi connectivity index (χ1v) is 11.1. The molecule has 3 aromatic rings. The van der Waals surface area contributed by atoms with Gasteiger partial charge >= 0.3 is 0 Å². The molecule has 0 saturated heterocycles. The van der Waals surface area contributed by atoms with Gasteiger partial charge in [-0.15, -0.1) is 0 Å². The number of rotatable bonds is 6. The van der Waals surface area contributed by atoms with E-state index in [0.717, 1.165) is 10.6 Å². The number of halogens is 4. The summed E-state index contributed by atoms with van der Waals surface area (Å²) >= 11 is 0. The second-order valence-corrected chi connectivity index (χ2v) is 9.26. The van der Waals surface area contributed by atoms with Crippen molar-refractivity contribution in [3.8, 4) is 11.1 Å². The average molecular weight is 471 g/mol. The number of alkyl halides is 1. The van der Waals surface area contributed by atoms with Gasteiger partial charge in [0, 0.05) is 23.7 Å². The fourth-order valence-corrected chi connectivity index (χ4v) is 4.90. The fraction of sp³-hybridized carbons (Fsp3) is 0.316. The number of benzene rings is 1. The van der Waals surface area contributed by atoms with Crippen LogP contribution in [0.5, 0.6) is 0 Å². The lowest BCUT2D eigenvalue weighted by molar-refractivity contribution is 0.341. The highest BCUT2D eigenvalue weighted by molar-refractivity contribution is 7.92. The predicted molar refractivity (Wildman–Crippen MR) is 110 cm³/mol. The number of hydrogen-bond donors (Lipinski definition) is 2. The minimum atomic E-state index is -4.49. The summed E-state index contributed by atoms with van der Waals surface area (Å²) in [6.45, 7) is 1.70. The zero-order valence-electron chi connectivity index (χ0n) is 16.6. The van der Waals surface area contributed by atoms with Gasteiger partial charge in [-0.3, -0.25) is 14.1 Å². The number of nitrogen functional groups attached to an aromatic ring is 1. The van der Waals surface area contributed by atoms with Gasteiger partial charge in [0.25, 0.3) is 5.56 Å². The van der Waals surface area contributed by atoms with Crippen LogP contribution in [-0.2, 0) is 16.6 Å². The molecule has 8 nitrogen and oxygen atoms in total. The van der Waals surface area contributed by atoms with E-state index in [0.29, 0.717) is 6.07 Å². The molecule has 0 atom stereocenters. The Labute approximate surface area is 179 Å². The highest BCUT2D eigenvalue weighted by atomic mass is 32.2. The summed E-state index contributed by atoms with van der Waals surface area (Å²) in [6.07, 6.45) is 1.28. The van der Waals surface area contributed by atoms with E-state index in [1.807, 2.05) is 0 Å².